The minimum Gasteiger partial charge on any atom is -0.484 e. The fourth-order valence-electron chi connectivity index (χ4n) is 2.44. The number of amides is 1. The number of ether oxygens (including phenoxy) is 1. The van der Waals surface area contributed by atoms with E-state index in [1.807, 2.05) is 55.6 Å². The molecule has 0 saturated carbocycles. The number of thiazole rings is 1. The van der Waals surface area contributed by atoms with Crippen molar-refractivity contribution >= 4 is 34.0 Å². The number of carbonyl (C=O) groups is 1. The van der Waals surface area contributed by atoms with Crippen LogP contribution in [-0.2, 0) is 4.79 Å². The summed E-state index contributed by atoms with van der Waals surface area (Å²) >= 11 is 7.52. The van der Waals surface area contributed by atoms with Crippen LogP contribution in [0.25, 0.3) is 11.3 Å². The molecule has 1 N–H and O–H groups in total. The van der Waals surface area contributed by atoms with E-state index in [-0.39, 0.29) is 12.5 Å². The van der Waals surface area contributed by atoms with Crippen LogP contribution in [-0.4, -0.2) is 17.5 Å². The molecule has 0 aliphatic carbocycles. The second-order valence-corrected chi connectivity index (χ2v) is 6.94. The number of benzene rings is 2. The SMILES string of the molecule is Cc1cc(C)cc(OCC(=O)Nc2nc(-c3ccccc3Cl)cs2)c1. The Kier molecular flexibility index (Phi) is 5.36. The van der Waals surface area contributed by atoms with Gasteiger partial charge in [-0.3, -0.25) is 10.1 Å². The van der Waals surface area contributed by atoms with Crippen molar-refractivity contribution in [3.8, 4) is 17.0 Å². The summed E-state index contributed by atoms with van der Waals surface area (Å²) < 4.78 is 5.56. The van der Waals surface area contributed by atoms with Gasteiger partial charge in [0.05, 0.1) is 5.69 Å². The van der Waals surface area contributed by atoms with Crippen molar-refractivity contribution in [3.05, 3.63) is 64.0 Å². The zero-order valence-corrected chi connectivity index (χ0v) is 15.4. The third-order valence-electron chi connectivity index (χ3n) is 3.47. The number of hydrogen-bond acceptors (Lipinski definition) is 4. The number of hydrogen-bond donors (Lipinski definition) is 1. The van der Waals surface area contributed by atoms with Crippen molar-refractivity contribution in [3.63, 3.8) is 0 Å². The van der Waals surface area contributed by atoms with Crippen molar-refractivity contribution in [1.82, 2.24) is 4.98 Å². The normalized spacial score (nSPS) is 10.5. The molecule has 0 spiro atoms. The molecule has 3 rings (SSSR count). The fourth-order valence-corrected chi connectivity index (χ4v) is 3.40. The topological polar surface area (TPSA) is 51.2 Å². The van der Waals surface area contributed by atoms with Gasteiger partial charge in [0.25, 0.3) is 5.91 Å². The van der Waals surface area contributed by atoms with Gasteiger partial charge in [0, 0.05) is 16.0 Å². The van der Waals surface area contributed by atoms with Gasteiger partial charge in [0.1, 0.15) is 5.75 Å². The fraction of sp³-hybridized carbons (Fsp3) is 0.158. The number of anilines is 1. The van der Waals surface area contributed by atoms with E-state index in [9.17, 15) is 4.79 Å². The van der Waals surface area contributed by atoms with Crippen LogP contribution in [0.4, 0.5) is 5.13 Å². The summed E-state index contributed by atoms with van der Waals surface area (Å²) in [6.07, 6.45) is 0. The smallest absolute Gasteiger partial charge is 0.264 e. The first-order chi connectivity index (χ1) is 12.0. The molecule has 0 saturated heterocycles. The van der Waals surface area contributed by atoms with Crippen molar-refractivity contribution < 1.29 is 9.53 Å². The molecule has 0 atom stereocenters. The molecule has 0 fully saturated rings. The highest BCUT2D eigenvalue weighted by atomic mass is 35.5. The van der Waals surface area contributed by atoms with E-state index in [1.165, 1.54) is 11.3 Å². The van der Waals surface area contributed by atoms with Crippen LogP contribution in [0.2, 0.25) is 5.02 Å². The average molecular weight is 373 g/mol. The van der Waals surface area contributed by atoms with Gasteiger partial charge >= 0.3 is 0 Å². The van der Waals surface area contributed by atoms with Gasteiger partial charge in [0.15, 0.2) is 11.7 Å². The zero-order valence-electron chi connectivity index (χ0n) is 13.9. The molecule has 0 aliphatic rings. The Hall–Kier alpha value is -2.37. The third-order valence-corrected chi connectivity index (χ3v) is 4.55. The Balaban J connectivity index is 1.61. The van der Waals surface area contributed by atoms with Gasteiger partial charge in [-0.25, -0.2) is 4.98 Å². The summed E-state index contributed by atoms with van der Waals surface area (Å²) in [5, 5.41) is 5.76. The molecule has 1 heterocycles. The Morgan fingerprint density at radius 3 is 2.64 bits per heavy atom. The van der Waals surface area contributed by atoms with Gasteiger partial charge in [-0.15, -0.1) is 11.3 Å². The predicted molar refractivity (Wildman–Crippen MR) is 103 cm³/mol. The van der Waals surface area contributed by atoms with Crippen molar-refractivity contribution in [2.45, 2.75) is 13.8 Å². The van der Waals surface area contributed by atoms with Crippen LogP contribution in [0.1, 0.15) is 11.1 Å². The molecule has 128 valence electrons. The monoisotopic (exact) mass is 372 g/mol. The van der Waals surface area contributed by atoms with Gasteiger partial charge in [0.2, 0.25) is 0 Å². The van der Waals surface area contributed by atoms with Crippen LogP contribution in [0.5, 0.6) is 5.75 Å². The number of halogens is 1. The predicted octanol–water partition coefficient (Wildman–Crippen LogP) is 5.10. The molecule has 1 aromatic heterocycles. The summed E-state index contributed by atoms with van der Waals surface area (Å²) in [5.74, 6) is 0.433. The number of rotatable bonds is 5. The molecule has 25 heavy (non-hydrogen) atoms. The highest BCUT2D eigenvalue weighted by Gasteiger charge is 2.10. The second-order valence-electron chi connectivity index (χ2n) is 5.68. The van der Waals surface area contributed by atoms with E-state index >= 15 is 0 Å². The van der Waals surface area contributed by atoms with E-state index < -0.39 is 0 Å². The van der Waals surface area contributed by atoms with E-state index in [4.69, 9.17) is 16.3 Å². The van der Waals surface area contributed by atoms with Gasteiger partial charge in [-0.2, -0.15) is 0 Å². The highest BCUT2D eigenvalue weighted by Crippen LogP contribution is 2.30. The molecule has 1 amide bonds. The molecule has 3 aromatic rings. The maximum atomic E-state index is 12.1. The Labute approximate surface area is 155 Å². The number of aryl methyl sites for hydroxylation is 2. The number of aromatic nitrogens is 1. The van der Waals surface area contributed by atoms with E-state index in [0.717, 1.165) is 22.4 Å². The summed E-state index contributed by atoms with van der Waals surface area (Å²) in [5.41, 5.74) is 3.77. The van der Waals surface area contributed by atoms with Crippen molar-refractivity contribution in [2.24, 2.45) is 0 Å². The molecule has 0 radical (unpaired) electrons. The quantitative estimate of drug-likeness (QED) is 0.678. The second kappa shape index (κ2) is 7.68. The van der Waals surface area contributed by atoms with Crippen LogP contribution >= 0.6 is 22.9 Å². The maximum absolute atomic E-state index is 12.1. The Morgan fingerprint density at radius 2 is 1.92 bits per heavy atom. The first-order valence-electron chi connectivity index (χ1n) is 7.72. The largest absolute Gasteiger partial charge is 0.484 e. The first kappa shape index (κ1) is 17.5. The highest BCUT2D eigenvalue weighted by molar-refractivity contribution is 7.14. The van der Waals surface area contributed by atoms with E-state index in [2.05, 4.69) is 16.4 Å². The lowest BCUT2D eigenvalue weighted by molar-refractivity contribution is -0.118. The van der Waals surface area contributed by atoms with Crippen LogP contribution in [0.3, 0.4) is 0 Å². The molecular formula is C19H17ClN2O2S. The third kappa shape index (κ3) is 4.59. The summed E-state index contributed by atoms with van der Waals surface area (Å²) in [6, 6.07) is 13.3. The standard InChI is InChI=1S/C19H17ClN2O2S/c1-12-7-13(2)9-14(8-12)24-10-18(23)22-19-21-17(11-25-19)15-5-3-4-6-16(15)20/h3-9,11H,10H2,1-2H3,(H,21,22,23). The summed E-state index contributed by atoms with van der Waals surface area (Å²) in [7, 11) is 0. The minimum atomic E-state index is -0.251. The lowest BCUT2D eigenvalue weighted by Gasteiger charge is -2.07. The molecule has 0 bridgehead atoms. The van der Waals surface area contributed by atoms with Gasteiger partial charge in [-0.05, 0) is 43.2 Å². The van der Waals surface area contributed by atoms with Gasteiger partial charge in [-0.1, -0.05) is 35.9 Å². The Bertz CT molecular complexity index is 888. The van der Waals surface area contributed by atoms with Crippen molar-refractivity contribution in [1.29, 1.82) is 0 Å². The maximum Gasteiger partial charge on any atom is 0.264 e. The first-order valence-corrected chi connectivity index (χ1v) is 8.98. The van der Waals surface area contributed by atoms with Crippen LogP contribution in [0.15, 0.2) is 47.8 Å². The van der Waals surface area contributed by atoms with E-state index in [1.54, 1.807) is 0 Å². The molecule has 4 nitrogen and oxygen atoms in total. The van der Waals surface area contributed by atoms with E-state index in [0.29, 0.717) is 15.9 Å². The Morgan fingerprint density at radius 1 is 1.20 bits per heavy atom. The number of nitrogens with one attached hydrogen (secondary N) is 1. The number of nitrogens with zero attached hydrogens (tertiary/aromatic N) is 1. The average Bonchev–Trinajstić information content (AvgIpc) is 3.01. The molecule has 0 aliphatic heterocycles. The molecule has 6 heteroatoms. The van der Waals surface area contributed by atoms with Crippen molar-refractivity contribution in [2.75, 3.05) is 11.9 Å². The number of carbonyl (C=O) groups excluding carboxylic acids is 1. The zero-order chi connectivity index (χ0) is 17.8. The van der Waals surface area contributed by atoms with Crippen LogP contribution < -0.4 is 10.1 Å². The van der Waals surface area contributed by atoms with Crippen LogP contribution in [0, 0.1) is 13.8 Å². The summed E-state index contributed by atoms with van der Waals surface area (Å²) in [6.45, 7) is 3.92. The minimum absolute atomic E-state index is 0.0656. The molecule has 0 unspecified atom stereocenters. The molecule has 2 aromatic carbocycles. The molecular weight excluding hydrogens is 356 g/mol. The lowest BCUT2D eigenvalue weighted by atomic mass is 10.1. The lowest BCUT2D eigenvalue weighted by Crippen LogP contribution is -2.20. The van der Waals surface area contributed by atoms with Gasteiger partial charge < -0.3 is 4.74 Å². The summed E-state index contributed by atoms with van der Waals surface area (Å²) in [4.78, 5) is 16.5.